The molecule has 2 amide bonds. The van der Waals surface area contributed by atoms with Crippen LogP contribution in [0.25, 0.3) is 0 Å². The summed E-state index contributed by atoms with van der Waals surface area (Å²) in [5.41, 5.74) is 0. The first-order valence-corrected chi connectivity index (χ1v) is 7.63. The standard InChI is InChI=1S/C12H18N2O6S/c1-3-19-11(17)10(12(18)20-4-2)13-8(15)5-14-7-21-6-9(14)16/h10H,3-7H2,1-2H3,(H,13,15). The summed E-state index contributed by atoms with van der Waals surface area (Å²) in [6.07, 6.45) is 0. The second kappa shape index (κ2) is 8.50. The maximum absolute atomic E-state index is 11.8. The lowest BCUT2D eigenvalue weighted by molar-refractivity contribution is -0.159. The van der Waals surface area contributed by atoms with Gasteiger partial charge in [-0.2, -0.15) is 0 Å². The van der Waals surface area contributed by atoms with Gasteiger partial charge in [0.05, 0.1) is 24.8 Å². The summed E-state index contributed by atoms with van der Waals surface area (Å²) in [5, 5.41) is 2.24. The number of carbonyl (C=O) groups is 4. The van der Waals surface area contributed by atoms with Crippen molar-refractivity contribution in [3.63, 3.8) is 0 Å². The van der Waals surface area contributed by atoms with E-state index in [2.05, 4.69) is 5.32 Å². The van der Waals surface area contributed by atoms with Gasteiger partial charge in [0.2, 0.25) is 17.9 Å². The summed E-state index contributed by atoms with van der Waals surface area (Å²) < 4.78 is 9.45. The Hall–Kier alpha value is -1.77. The molecule has 9 heteroatoms. The SMILES string of the molecule is CCOC(=O)C(NC(=O)CN1CSCC1=O)C(=O)OCC. The molecule has 0 saturated carbocycles. The van der Waals surface area contributed by atoms with Crippen LogP contribution < -0.4 is 5.32 Å². The molecule has 0 atom stereocenters. The van der Waals surface area contributed by atoms with Crippen molar-refractivity contribution < 1.29 is 28.7 Å². The van der Waals surface area contributed by atoms with E-state index < -0.39 is 23.9 Å². The smallest absolute Gasteiger partial charge is 0.340 e. The minimum absolute atomic E-state index is 0.0753. The maximum atomic E-state index is 11.8. The number of rotatable bonds is 7. The van der Waals surface area contributed by atoms with E-state index in [4.69, 9.17) is 9.47 Å². The molecule has 0 aromatic heterocycles. The van der Waals surface area contributed by atoms with Crippen LogP contribution in [0.15, 0.2) is 0 Å². The van der Waals surface area contributed by atoms with Gasteiger partial charge in [-0.15, -0.1) is 11.8 Å². The molecule has 1 saturated heterocycles. The first kappa shape index (κ1) is 17.3. The van der Waals surface area contributed by atoms with Crippen molar-refractivity contribution in [2.24, 2.45) is 0 Å². The second-order valence-corrected chi connectivity index (χ2v) is 5.03. The number of amides is 2. The summed E-state index contributed by atoms with van der Waals surface area (Å²) in [6, 6.07) is -1.51. The molecular weight excluding hydrogens is 300 g/mol. The highest BCUT2D eigenvalue weighted by Crippen LogP contribution is 2.13. The number of hydrogen-bond acceptors (Lipinski definition) is 7. The lowest BCUT2D eigenvalue weighted by Gasteiger charge is -2.18. The van der Waals surface area contributed by atoms with Crippen molar-refractivity contribution in [2.45, 2.75) is 19.9 Å². The summed E-state index contributed by atoms with van der Waals surface area (Å²) in [4.78, 5) is 47.9. The highest BCUT2D eigenvalue weighted by atomic mass is 32.2. The molecule has 1 aliphatic rings. The van der Waals surface area contributed by atoms with Gasteiger partial charge in [0.25, 0.3) is 0 Å². The Kier molecular flexibility index (Phi) is 7.00. The molecular formula is C12H18N2O6S. The molecule has 1 N–H and O–H groups in total. The molecule has 0 unspecified atom stereocenters. The van der Waals surface area contributed by atoms with Crippen molar-refractivity contribution in [1.82, 2.24) is 10.2 Å². The quantitative estimate of drug-likeness (QED) is 0.481. The van der Waals surface area contributed by atoms with Crippen molar-refractivity contribution in [3.05, 3.63) is 0 Å². The molecule has 1 heterocycles. The van der Waals surface area contributed by atoms with Crippen LogP contribution in [0.1, 0.15) is 13.8 Å². The van der Waals surface area contributed by atoms with E-state index >= 15 is 0 Å². The Morgan fingerprint density at radius 2 is 1.81 bits per heavy atom. The zero-order valence-electron chi connectivity index (χ0n) is 11.9. The molecule has 0 aliphatic carbocycles. The molecule has 1 aliphatic heterocycles. The van der Waals surface area contributed by atoms with Crippen LogP contribution in [0.2, 0.25) is 0 Å². The van der Waals surface area contributed by atoms with Gasteiger partial charge >= 0.3 is 11.9 Å². The van der Waals surface area contributed by atoms with Crippen molar-refractivity contribution in [2.75, 3.05) is 31.4 Å². The topological polar surface area (TPSA) is 102 Å². The summed E-state index contributed by atoms with van der Waals surface area (Å²) in [7, 11) is 0. The van der Waals surface area contributed by atoms with Gasteiger partial charge in [-0.25, -0.2) is 9.59 Å². The predicted molar refractivity (Wildman–Crippen MR) is 74.2 cm³/mol. The van der Waals surface area contributed by atoms with Gasteiger partial charge in [-0.05, 0) is 13.8 Å². The Morgan fingerprint density at radius 3 is 2.24 bits per heavy atom. The fourth-order valence-electron chi connectivity index (χ4n) is 1.59. The van der Waals surface area contributed by atoms with Crippen molar-refractivity contribution in [1.29, 1.82) is 0 Å². The van der Waals surface area contributed by atoms with Crippen LogP contribution in [0.5, 0.6) is 0 Å². The number of ether oxygens (including phenoxy) is 2. The van der Waals surface area contributed by atoms with Gasteiger partial charge in [-0.1, -0.05) is 0 Å². The van der Waals surface area contributed by atoms with Gasteiger partial charge in [0, 0.05) is 0 Å². The second-order valence-electron chi connectivity index (χ2n) is 4.07. The largest absolute Gasteiger partial charge is 0.464 e. The van der Waals surface area contributed by atoms with E-state index in [1.165, 1.54) is 16.7 Å². The predicted octanol–water partition coefficient (Wildman–Crippen LogP) is -0.870. The van der Waals surface area contributed by atoms with Crippen LogP contribution in [0, 0.1) is 0 Å². The minimum Gasteiger partial charge on any atom is -0.464 e. The molecule has 0 aromatic carbocycles. The third kappa shape index (κ3) is 5.25. The van der Waals surface area contributed by atoms with Crippen LogP contribution in [0.4, 0.5) is 0 Å². The number of hydrogen-bond donors (Lipinski definition) is 1. The highest BCUT2D eigenvalue weighted by Gasteiger charge is 2.32. The van der Waals surface area contributed by atoms with E-state index in [1.54, 1.807) is 13.8 Å². The number of carbonyl (C=O) groups excluding carboxylic acids is 4. The van der Waals surface area contributed by atoms with Gasteiger partial charge in [-0.3, -0.25) is 9.59 Å². The molecule has 1 fully saturated rings. The molecule has 1 rings (SSSR count). The molecule has 118 valence electrons. The van der Waals surface area contributed by atoms with Crippen LogP contribution in [-0.4, -0.2) is 66.1 Å². The number of nitrogens with zero attached hydrogens (tertiary/aromatic N) is 1. The molecule has 21 heavy (non-hydrogen) atoms. The molecule has 0 spiro atoms. The van der Waals surface area contributed by atoms with Gasteiger partial charge in [0.1, 0.15) is 6.54 Å². The lowest BCUT2D eigenvalue weighted by Crippen LogP contribution is -2.51. The molecule has 0 aromatic rings. The average Bonchev–Trinajstić information content (AvgIpc) is 2.82. The lowest BCUT2D eigenvalue weighted by atomic mass is 10.3. The van der Waals surface area contributed by atoms with Gasteiger partial charge in [0.15, 0.2) is 0 Å². The summed E-state index contributed by atoms with van der Waals surface area (Å²) in [5.74, 6) is -1.80. The normalized spacial score (nSPS) is 14.2. The van der Waals surface area contributed by atoms with Crippen molar-refractivity contribution >= 4 is 35.5 Å². The number of esters is 2. The van der Waals surface area contributed by atoms with Crippen LogP contribution in [-0.2, 0) is 28.7 Å². The first-order valence-electron chi connectivity index (χ1n) is 6.47. The highest BCUT2D eigenvalue weighted by molar-refractivity contribution is 8.00. The van der Waals surface area contributed by atoms with Crippen LogP contribution >= 0.6 is 11.8 Å². The minimum atomic E-state index is -1.51. The summed E-state index contributed by atoms with van der Waals surface area (Å²) in [6.45, 7) is 3.11. The summed E-state index contributed by atoms with van der Waals surface area (Å²) >= 11 is 1.39. The third-order valence-electron chi connectivity index (χ3n) is 2.51. The molecule has 8 nitrogen and oxygen atoms in total. The van der Waals surface area contributed by atoms with Crippen LogP contribution in [0.3, 0.4) is 0 Å². The van der Waals surface area contributed by atoms with E-state index in [0.717, 1.165) is 0 Å². The monoisotopic (exact) mass is 318 g/mol. The maximum Gasteiger partial charge on any atom is 0.340 e. The molecule has 0 radical (unpaired) electrons. The van der Waals surface area contributed by atoms with E-state index in [1.807, 2.05) is 0 Å². The molecule has 0 bridgehead atoms. The fraction of sp³-hybridized carbons (Fsp3) is 0.667. The van der Waals surface area contributed by atoms with E-state index in [9.17, 15) is 19.2 Å². The zero-order chi connectivity index (χ0) is 15.8. The third-order valence-corrected chi connectivity index (χ3v) is 3.46. The fourth-order valence-corrected chi connectivity index (χ4v) is 2.49. The van der Waals surface area contributed by atoms with E-state index in [-0.39, 0.29) is 25.7 Å². The Bertz CT molecular complexity index is 410. The zero-order valence-corrected chi connectivity index (χ0v) is 12.7. The van der Waals surface area contributed by atoms with Crippen molar-refractivity contribution in [3.8, 4) is 0 Å². The number of nitrogens with one attached hydrogen (secondary N) is 1. The first-order chi connectivity index (χ1) is 9.99. The Balaban J connectivity index is 2.62. The average molecular weight is 318 g/mol. The van der Waals surface area contributed by atoms with E-state index in [0.29, 0.717) is 11.6 Å². The Morgan fingerprint density at radius 1 is 1.24 bits per heavy atom. The Labute approximate surface area is 126 Å². The number of thioether (sulfide) groups is 1. The van der Waals surface area contributed by atoms with Gasteiger partial charge < -0.3 is 19.7 Å².